The van der Waals surface area contributed by atoms with Crippen molar-refractivity contribution in [2.45, 2.75) is 52.1 Å². The van der Waals surface area contributed by atoms with E-state index in [1.807, 2.05) is 12.1 Å². The van der Waals surface area contributed by atoms with E-state index in [2.05, 4.69) is 27.7 Å². The summed E-state index contributed by atoms with van der Waals surface area (Å²) in [6.07, 6.45) is 2.32. The molecule has 1 fully saturated rings. The molecule has 7 heteroatoms. The van der Waals surface area contributed by atoms with E-state index >= 15 is 0 Å². The highest BCUT2D eigenvalue weighted by molar-refractivity contribution is 7.92. The van der Waals surface area contributed by atoms with E-state index in [1.54, 1.807) is 11.0 Å². The normalized spacial score (nSPS) is 21.6. The molecular weight excluding hydrogens is 364 g/mol. The summed E-state index contributed by atoms with van der Waals surface area (Å²) in [4.78, 5) is 14.8. The lowest BCUT2D eigenvalue weighted by Gasteiger charge is -2.38. The van der Waals surface area contributed by atoms with Gasteiger partial charge in [-0.05, 0) is 41.9 Å². The third-order valence-corrected chi connectivity index (χ3v) is 6.61. The predicted molar refractivity (Wildman–Crippen MR) is 107 cm³/mol. The Kier molecular flexibility index (Phi) is 5.18. The highest BCUT2D eigenvalue weighted by Gasteiger charge is 2.38. The van der Waals surface area contributed by atoms with Gasteiger partial charge in [0.25, 0.3) is 5.91 Å². The lowest BCUT2D eigenvalue weighted by Crippen LogP contribution is -2.53. The lowest BCUT2D eigenvalue weighted by atomic mass is 9.86. The first kappa shape index (κ1) is 20.0. The average Bonchev–Trinajstić information content (AvgIpc) is 2.58. The van der Waals surface area contributed by atoms with Crippen LogP contribution in [-0.4, -0.2) is 51.2 Å². The van der Waals surface area contributed by atoms with Crippen molar-refractivity contribution in [2.24, 2.45) is 5.92 Å². The van der Waals surface area contributed by atoms with Gasteiger partial charge in [0.1, 0.15) is 5.75 Å². The number of ether oxygens (including phenoxy) is 1. The third kappa shape index (κ3) is 4.23. The summed E-state index contributed by atoms with van der Waals surface area (Å²) < 4.78 is 32.2. The number of carbonyl (C=O) groups excluding carboxylic acids is 1. The van der Waals surface area contributed by atoms with Crippen LogP contribution in [0.3, 0.4) is 0 Å². The maximum absolute atomic E-state index is 12.9. The lowest BCUT2D eigenvalue weighted by molar-refractivity contribution is -0.139. The van der Waals surface area contributed by atoms with Crippen molar-refractivity contribution in [3.8, 4) is 5.75 Å². The fourth-order valence-corrected chi connectivity index (χ4v) is 4.50. The fraction of sp³-hybridized carbons (Fsp3) is 0.650. The van der Waals surface area contributed by atoms with Gasteiger partial charge in [0.05, 0.1) is 18.5 Å². The molecule has 1 atom stereocenters. The molecule has 1 unspecified atom stereocenters. The van der Waals surface area contributed by atoms with Crippen molar-refractivity contribution in [1.82, 2.24) is 4.90 Å². The van der Waals surface area contributed by atoms with Gasteiger partial charge >= 0.3 is 0 Å². The molecule has 2 aliphatic rings. The predicted octanol–water partition coefficient (Wildman–Crippen LogP) is 2.77. The van der Waals surface area contributed by atoms with Crippen LogP contribution in [0.2, 0.25) is 0 Å². The second-order valence-corrected chi connectivity index (χ2v) is 10.7. The first-order chi connectivity index (χ1) is 12.5. The maximum Gasteiger partial charge on any atom is 0.265 e. The molecule has 3 rings (SSSR count). The molecule has 1 amide bonds. The van der Waals surface area contributed by atoms with Gasteiger partial charge in [-0.2, -0.15) is 0 Å². The smallest absolute Gasteiger partial charge is 0.265 e. The number of amides is 1. The Morgan fingerprint density at radius 3 is 2.37 bits per heavy atom. The van der Waals surface area contributed by atoms with Gasteiger partial charge < -0.3 is 9.64 Å². The van der Waals surface area contributed by atoms with Crippen molar-refractivity contribution in [2.75, 3.05) is 30.2 Å². The van der Waals surface area contributed by atoms with E-state index in [4.69, 9.17) is 4.74 Å². The quantitative estimate of drug-likeness (QED) is 0.774. The molecule has 0 spiro atoms. The number of likely N-dealkylation sites (tertiary alicyclic amines) is 1. The molecule has 1 aromatic rings. The molecular formula is C20H30N2O4S. The molecule has 0 bridgehead atoms. The van der Waals surface area contributed by atoms with Crippen LogP contribution in [0, 0.1) is 5.92 Å². The van der Waals surface area contributed by atoms with E-state index in [1.165, 1.54) is 10.6 Å². The van der Waals surface area contributed by atoms with E-state index in [0.29, 0.717) is 30.4 Å². The van der Waals surface area contributed by atoms with Crippen LogP contribution in [-0.2, 0) is 20.2 Å². The van der Waals surface area contributed by atoms with Crippen LogP contribution in [0.15, 0.2) is 18.2 Å². The number of benzene rings is 1. The Balaban J connectivity index is 1.92. The van der Waals surface area contributed by atoms with Crippen molar-refractivity contribution in [3.63, 3.8) is 0 Å². The second kappa shape index (κ2) is 7.00. The Hall–Kier alpha value is -1.76. The molecule has 1 aromatic carbocycles. The number of nitrogens with zero attached hydrogens (tertiary/aromatic N) is 2. The van der Waals surface area contributed by atoms with Gasteiger partial charge in [0.2, 0.25) is 10.0 Å². The summed E-state index contributed by atoms with van der Waals surface area (Å²) in [6, 6.07) is 5.58. The zero-order chi connectivity index (χ0) is 20.0. The summed E-state index contributed by atoms with van der Waals surface area (Å²) >= 11 is 0. The van der Waals surface area contributed by atoms with Crippen LogP contribution < -0.4 is 9.04 Å². The van der Waals surface area contributed by atoms with Crippen molar-refractivity contribution in [3.05, 3.63) is 23.8 Å². The Labute approximate surface area is 162 Å². The SMILES string of the molecule is CC1CCN(C(=O)C2CN(S(C)(=O)=O)c3cc(C(C)(C)C)ccc3O2)CC1. The number of hydrogen-bond acceptors (Lipinski definition) is 4. The molecule has 6 nitrogen and oxygen atoms in total. The van der Waals surface area contributed by atoms with Crippen molar-refractivity contribution < 1.29 is 17.9 Å². The number of fused-ring (bicyclic) bond motifs is 1. The molecule has 0 radical (unpaired) electrons. The molecule has 0 aliphatic carbocycles. The molecule has 27 heavy (non-hydrogen) atoms. The zero-order valence-electron chi connectivity index (χ0n) is 16.9. The molecule has 150 valence electrons. The highest BCUT2D eigenvalue weighted by atomic mass is 32.2. The van der Waals surface area contributed by atoms with Gasteiger partial charge in [-0.3, -0.25) is 9.10 Å². The number of carbonyl (C=O) groups is 1. The number of hydrogen-bond donors (Lipinski definition) is 0. The zero-order valence-corrected chi connectivity index (χ0v) is 17.7. The highest BCUT2D eigenvalue weighted by Crippen LogP contribution is 2.39. The molecule has 2 aliphatic heterocycles. The minimum atomic E-state index is -3.52. The van der Waals surface area contributed by atoms with Gasteiger partial charge in [0.15, 0.2) is 6.10 Å². The van der Waals surface area contributed by atoms with Gasteiger partial charge in [-0.25, -0.2) is 8.42 Å². The molecule has 1 saturated heterocycles. The number of anilines is 1. The topological polar surface area (TPSA) is 66.9 Å². The van der Waals surface area contributed by atoms with Crippen LogP contribution in [0.5, 0.6) is 5.75 Å². The molecule has 0 N–H and O–H groups in total. The summed E-state index contributed by atoms with van der Waals surface area (Å²) in [7, 11) is -3.52. The first-order valence-corrected chi connectivity index (χ1v) is 11.4. The van der Waals surface area contributed by atoms with E-state index < -0.39 is 16.1 Å². The Bertz CT molecular complexity index is 821. The number of piperidine rings is 1. The maximum atomic E-state index is 12.9. The summed E-state index contributed by atoms with van der Waals surface area (Å²) in [5.41, 5.74) is 1.42. The van der Waals surface area contributed by atoms with E-state index in [9.17, 15) is 13.2 Å². The standard InChI is InChI=1S/C20H30N2O4S/c1-14-8-10-21(11-9-14)19(23)18-13-22(27(5,24)25)16-12-15(20(2,3)4)6-7-17(16)26-18/h6-7,12,14,18H,8-11,13H2,1-5H3. The van der Waals surface area contributed by atoms with Crippen molar-refractivity contribution >= 4 is 21.6 Å². The fourth-order valence-electron chi connectivity index (χ4n) is 3.59. The second-order valence-electron chi connectivity index (χ2n) is 8.84. The van der Waals surface area contributed by atoms with Crippen LogP contribution in [0.4, 0.5) is 5.69 Å². The van der Waals surface area contributed by atoms with E-state index in [-0.39, 0.29) is 17.9 Å². The minimum Gasteiger partial charge on any atom is -0.476 e. The largest absolute Gasteiger partial charge is 0.476 e. The van der Waals surface area contributed by atoms with Crippen LogP contribution in [0.1, 0.15) is 46.1 Å². The Morgan fingerprint density at radius 1 is 1.19 bits per heavy atom. The number of rotatable bonds is 2. The average molecular weight is 395 g/mol. The molecule has 0 saturated carbocycles. The van der Waals surface area contributed by atoms with E-state index in [0.717, 1.165) is 18.4 Å². The summed E-state index contributed by atoms with van der Waals surface area (Å²) in [5.74, 6) is 0.940. The minimum absolute atomic E-state index is 0.0182. The first-order valence-electron chi connectivity index (χ1n) is 9.54. The molecule has 2 heterocycles. The summed E-state index contributed by atoms with van der Waals surface area (Å²) in [6.45, 7) is 9.84. The third-order valence-electron chi connectivity index (χ3n) is 5.47. The number of sulfonamides is 1. The van der Waals surface area contributed by atoms with Crippen LogP contribution >= 0.6 is 0 Å². The van der Waals surface area contributed by atoms with Crippen LogP contribution in [0.25, 0.3) is 0 Å². The monoisotopic (exact) mass is 394 g/mol. The van der Waals surface area contributed by atoms with Gasteiger partial charge in [-0.15, -0.1) is 0 Å². The Morgan fingerprint density at radius 2 is 1.81 bits per heavy atom. The molecule has 0 aromatic heterocycles. The van der Waals surface area contributed by atoms with Crippen molar-refractivity contribution in [1.29, 1.82) is 0 Å². The van der Waals surface area contributed by atoms with Gasteiger partial charge in [-0.1, -0.05) is 33.8 Å². The van der Waals surface area contributed by atoms with Gasteiger partial charge in [0, 0.05) is 13.1 Å². The summed E-state index contributed by atoms with van der Waals surface area (Å²) in [5, 5.41) is 0.